The molecule has 0 N–H and O–H groups in total. The van der Waals surface area contributed by atoms with Crippen molar-refractivity contribution < 1.29 is 4.79 Å². The highest BCUT2D eigenvalue weighted by atomic mass is 32.2. The quantitative estimate of drug-likeness (QED) is 0.716. The van der Waals surface area contributed by atoms with Crippen molar-refractivity contribution in [3.8, 4) is 0 Å². The molecule has 0 aromatic heterocycles. The lowest BCUT2D eigenvalue weighted by Gasteiger charge is -2.14. The molecule has 0 fully saturated rings. The van der Waals surface area contributed by atoms with E-state index in [1.807, 2.05) is 16.7 Å². The predicted octanol–water partition coefficient (Wildman–Crippen LogP) is 2.71. The number of hydrogen-bond donors (Lipinski definition) is 0. The first-order valence-corrected chi connectivity index (χ1v) is 6.24. The van der Waals surface area contributed by atoms with E-state index in [9.17, 15) is 4.79 Å². The maximum absolute atomic E-state index is 11.3. The van der Waals surface area contributed by atoms with Crippen LogP contribution in [0.5, 0.6) is 0 Å². The minimum Gasteiger partial charge on any atom is -0.312 e. The van der Waals surface area contributed by atoms with Crippen molar-refractivity contribution in [1.82, 2.24) is 0 Å². The third-order valence-electron chi connectivity index (χ3n) is 2.64. The van der Waals surface area contributed by atoms with E-state index in [2.05, 4.69) is 25.1 Å². The highest BCUT2D eigenvalue weighted by Crippen LogP contribution is 2.31. The Hall–Kier alpha value is -0.960. The zero-order valence-corrected chi connectivity index (χ0v) is 9.93. The number of benzene rings is 1. The highest BCUT2D eigenvalue weighted by Gasteiger charge is 2.21. The first kappa shape index (κ1) is 10.6. The molecule has 80 valence electrons. The van der Waals surface area contributed by atoms with E-state index in [1.54, 1.807) is 6.92 Å². The van der Waals surface area contributed by atoms with Gasteiger partial charge in [-0.2, -0.15) is 0 Å². The first-order valence-electron chi connectivity index (χ1n) is 5.26. The lowest BCUT2D eigenvalue weighted by atomic mass is 10.2. The van der Waals surface area contributed by atoms with Crippen molar-refractivity contribution in [3.63, 3.8) is 0 Å². The maximum Gasteiger partial charge on any atom is 0.223 e. The monoisotopic (exact) mass is 221 g/mol. The van der Waals surface area contributed by atoms with E-state index in [1.165, 1.54) is 10.5 Å². The second-order valence-electron chi connectivity index (χ2n) is 3.64. The van der Waals surface area contributed by atoms with Crippen LogP contribution in [0, 0.1) is 0 Å². The molecule has 0 unspecified atom stereocenters. The summed E-state index contributed by atoms with van der Waals surface area (Å²) < 4.78 is 0. The molecule has 1 amide bonds. The topological polar surface area (TPSA) is 20.3 Å². The number of fused-ring (bicyclic) bond motifs is 1. The van der Waals surface area contributed by atoms with Gasteiger partial charge in [0.1, 0.15) is 0 Å². The minimum atomic E-state index is 0.143. The number of anilines is 1. The Morgan fingerprint density at radius 3 is 3.00 bits per heavy atom. The van der Waals surface area contributed by atoms with Crippen LogP contribution < -0.4 is 4.90 Å². The van der Waals surface area contributed by atoms with Crippen LogP contribution in [0.1, 0.15) is 19.4 Å². The number of nitrogens with zero attached hydrogens (tertiary/aromatic N) is 1. The summed E-state index contributed by atoms with van der Waals surface area (Å²) in [6.07, 6.45) is 0.993. The Bertz CT molecular complexity index is 389. The van der Waals surface area contributed by atoms with Crippen LogP contribution in [-0.2, 0) is 11.2 Å². The van der Waals surface area contributed by atoms with Gasteiger partial charge in [-0.25, -0.2) is 0 Å². The van der Waals surface area contributed by atoms with Crippen LogP contribution >= 0.6 is 11.8 Å². The fourth-order valence-corrected chi connectivity index (χ4v) is 2.68. The normalized spacial score (nSPS) is 14.1. The van der Waals surface area contributed by atoms with Crippen LogP contribution in [0.25, 0.3) is 0 Å². The molecule has 0 aliphatic carbocycles. The third-order valence-corrected chi connectivity index (χ3v) is 3.51. The first-order chi connectivity index (χ1) is 7.22. The zero-order chi connectivity index (χ0) is 10.8. The molecule has 0 radical (unpaired) electrons. The SMILES string of the molecule is CCSc1ccc2c(c1)CCN2C(C)=O. The molecule has 1 aromatic carbocycles. The van der Waals surface area contributed by atoms with Crippen LogP contribution in [0.4, 0.5) is 5.69 Å². The van der Waals surface area contributed by atoms with Crippen molar-refractivity contribution in [2.75, 3.05) is 17.2 Å². The van der Waals surface area contributed by atoms with Crippen LogP contribution in [-0.4, -0.2) is 18.2 Å². The summed E-state index contributed by atoms with van der Waals surface area (Å²) in [4.78, 5) is 14.5. The van der Waals surface area contributed by atoms with Crippen molar-refractivity contribution in [2.24, 2.45) is 0 Å². The second kappa shape index (κ2) is 4.27. The molecule has 3 heteroatoms. The Labute approximate surface area is 94.7 Å². The van der Waals surface area contributed by atoms with Gasteiger partial charge in [0.15, 0.2) is 0 Å². The fourth-order valence-electron chi connectivity index (χ4n) is 1.96. The molecule has 2 nitrogen and oxygen atoms in total. The van der Waals surface area contributed by atoms with Crippen LogP contribution in [0.15, 0.2) is 23.1 Å². The van der Waals surface area contributed by atoms with Crippen LogP contribution in [0.3, 0.4) is 0 Å². The van der Waals surface area contributed by atoms with Gasteiger partial charge < -0.3 is 4.90 Å². The van der Waals surface area contributed by atoms with Crippen molar-refractivity contribution >= 4 is 23.4 Å². The molecular weight excluding hydrogens is 206 g/mol. The molecule has 0 bridgehead atoms. The van der Waals surface area contributed by atoms with Crippen LogP contribution in [0.2, 0.25) is 0 Å². The number of thioether (sulfide) groups is 1. The number of carbonyl (C=O) groups is 1. The smallest absolute Gasteiger partial charge is 0.223 e. The predicted molar refractivity (Wildman–Crippen MR) is 64.6 cm³/mol. The van der Waals surface area contributed by atoms with Gasteiger partial charge in [0.05, 0.1) is 0 Å². The molecule has 0 saturated carbocycles. The molecule has 0 spiro atoms. The van der Waals surface area contributed by atoms with E-state index < -0.39 is 0 Å². The molecule has 1 aromatic rings. The molecule has 2 rings (SSSR count). The third kappa shape index (κ3) is 2.02. The van der Waals surface area contributed by atoms with Crippen molar-refractivity contribution in [3.05, 3.63) is 23.8 Å². The second-order valence-corrected chi connectivity index (χ2v) is 4.98. The zero-order valence-electron chi connectivity index (χ0n) is 9.12. The summed E-state index contributed by atoms with van der Waals surface area (Å²) in [5.74, 6) is 1.24. The Kier molecular flexibility index (Phi) is 3.00. The molecule has 1 heterocycles. The van der Waals surface area contributed by atoms with Gasteiger partial charge in [0.2, 0.25) is 5.91 Å². The Morgan fingerprint density at radius 1 is 1.53 bits per heavy atom. The molecule has 15 heavy (non-hydrogen) atoms. The standard InChI is InChI=1S/C12H15NOS/c1-3-15-11-4-5-12-10(8-11)6-7-13(12)9(2)14/h4-5,8H,3,6-7H2,1-2H3. The van der Waals surface area contributed by atoms with Gasteiger partial charge in [-0.3, -0.25) is 4.79 Å². The number of hydrogen-bond acceptors (Lipinski definition) is 2. The summed E-state index contributed by atoms with van der Waals surface area (Å²) >= 11 is 1.85. The molecule has 1 aliphatic rings. The van der Waals surface area contributed by atoms with E-state index in [-0.39, 0.29) is 5.91 Å². The highest BCUT2D eigenvalue weighted by molar-refractivity contribution is 7.99. The summed E-state index contributed by atoms with van der Waals surface area (Å²) in [6, 6.07) is 6.39. The summed E-state index contributed by atoms with van der Waals surface area (Å²) in [5, 5.41) is 0. The van der Waals surface area contributed by atoms with E-state index >= 15 is 0 Å². The van der Waals surface area contributed by atoms with Crippen molar-refractivity contribution in [2.45, 2.75) is 25.2 Å². The molecule has 0 saturated heterocycles. The summed E-state index contributed by atoms with van der Waals surface area (Å²) in [6.45, 7) is 4.62. The van der Waals surface area contributed by atoms with Gasteiger partial charge in [-0.1, -0.05) is 6.92 Å². The minimum absolute atomic E-state index is 0.143. The van der Waals surface area contributed by atoms with E-state index in [0.29, 0.717) is 0 Å². The maximum atomic E-state index is 11.3. The average molecular weight is 221 g/mol. The molecule has 0 atom stereocenters. The summed E-state index contributed by atoms with van der Waals surface area (Å²) in [5.41, 5.74) is 2.41. The van der Waals surface area contributed by atoms with Gasteiger partial charge in [-0.15, -0.1) is 11.8 Å². The summed E-state index contributed by atoms with van der Waals surface area (Å²) in [7, 11) is 0. The number of carbonyl (C=O) groups excluding carboxylic acids is 1. The van der Waals surface area contributed by atoms with Gasteiger partial charge >= 0.3 is 0 Å². The Balaban J connectivity index is 2.29. The molecule has 1 aliphatic heterocycles. The van der Waals surface area contributed by atoms with E-state index in [0.717, 1.165) is 24.4 Å². The average Bonchev–Trinajstić information content (AvgIpc) is 2.61. The number of amides is 1. The largest absolute Gasteiger partial charge is 0.312 e. The fraction of sp³-hybridized carbons (Fsp3) is 0.417. The van der Waals surface area contributed by atoms with Gasteiger partial charge in [-0.05, 0) is 35.9 Å². The lowest BCUT2D eigenvalue weighted by molar-refractivity contribution is -0.116. The van der Waals surface area contributed by atoms with Gasteiger partial charge in [0, 0.05) is 24.1 Å². The molecular formula is C12H15NOS. The van der Waals surface area contributed by atoms with Crippen molar-refractivity contribution in [1.29, 1.82) is 0 Å². The number of rotatable bonds is 2. The lowest BCUT2D eigenvalue weighted by Crippen LogP contribution is -2.25. The van der Waals surface area contributed by atoms with Gasteiger partial charge in [0.25, 0.3) is 0 Å². The van der Waals surface area contributed by atoms with E-state index in [4.69, 9.17) is 0 Å². The Morgan fingerprint density at radius 2 is 2.33 bits per heavy atom.